The van der Waals surface area contributed by atoms with Gasteiger partial charge in [0.15, 0.2) is 0 Å². The van der Waals surface area contributed by atoms with Crippen LogP contribution in [0.4, 0.5) is 13.2 Å². The van der Waals surface area contributed by atoms with Gasteiger partial charge in [-0.2, -0.15) is 13.2 Å². The molecule has 2 saturated heterocycles. The summed E-state index contributed by atoms with van der Waals surface area (Å²) in [5.74, 6) is -1.68. The lowest BCUT2D eigenvalue weighted by Crippen LogP contribution is -2.49. The maximum atomic E-state index is 12.5. The fraction of sp³-hybridized carbons (Fsp3) is 0.588. The number of thiophene rings is 1. The number of carbonyl (C=O) groups is 3. The Bertz CT molecular complexity index is 708. The van der Waals surface area contributed by atoms with E-state index in [4.69, 9.17) is 0 Å². The van der Waals surface area contributed by atoms with Crippen molar-refractivity contribution in [2.24, 2.45) is 5.92 Å². The van der Waals surface area contributed by atoms with E-state index >= 15 is 0 Å². The smallest absolute Gasteiger partial charge is 0.344 e. The van der Waals surface area contributed by atoms with Crippen LogP contribution in [0.1, 0.15) is 28.9 Å². The molecule has 0 radical (unpaired) electrons. The Kier molecular flexibility index (Phi) is 5.73. The van der Waals surface area contributed by atoms with Crippen LogP contribution in [-0.4, -0.2) is 65.9 Å². The number of amides is 3. The normalized spacial score (nSPS) is 23.6. The van der Waals surface area contributed by atoms with Gasteiger partial charge >= 0.3 is 6.18 Å². The fourth-order valence-electron chi connectivity index (χ4n) is 3.47. The Labute approximate surface area is 158 Å². The SMILES string of the molecule is O=C(NC1CCN(CC(F)(F)F)C1=O)C1CCCN(C(=O)c2cccs2)C1. The summed E-state index contributed by atoms with van der Waals surface area (Å²) in [4.78, 5) is 40.0. The van der Waals surface area contributed by atoms with Gasteiger partial charge in [0.1, 0.15) is 12.6 Å². The molecule has 10 heteroatoms. The second kappa shape index (κ2) is 7.87. The lowest BCUT2D eigenvalue weighted by atomic mass is 9.96. The molecule has 3 heterocycles. The molecule has 2 fully saturated rings. The quantitative estimate of drug-likeness (QED) is 0.835. The van der Waals surface area contributed by atoms with E-state index in [-0.39, 0.29) is 31.3 Å². The lowest BCUT2D eigenvalue weighted by Gasteiger charge is -2.32. The Hall–Kier alpha value is -2.10. The summed E-state index contributed by atoms with van der Waals surface area (Å²) in [5.41, 5.74) is 0. The standard InChI is InChI=1S/C17H20F3N3O3S/c18-17(19,20)10-23-7-5-12(15(23)25)21-14(24)11-3-1-6-22(9-11)16(26)13-4-2-8-27-13/h2,4,8,11-12H,1,3,5-7,9-10H2,(H,21,24). The van der Waals surface area contributed by atoms with Crippen LogP contribution in [-0.2, 0) is 9.59 Å². The van der Waals surface area contributed by atoms with Crippen molar-refractivity contribution in [3.05, 3.63) is 22.4 Å². The monoisotopic (exact) mass is 403 g/mol. The Balaban J connectivity index is 1.55. The maximum absolute atomic E-state index is 12.5. The van der Waals surface area contributed by atoms with Gasteiger partial charge in [0, 0.05) is 19.6 Å². The van der Waals surface area contributed by atoms with Crippen LogP contribution in [0.25, 0.3) is 0 Å². The van der Waals surface area contributed by atoms with Gasteiger partial charge in [-0.05, 0) is 30.7 Å². The van der Waals surface area contributed by atoms with Crippen LogP contribution in [0, 0.1) is 5.92 Å². The fourth-order valence-corrected chi connectivity index (χ4v) is 4.16. The molecule has 2 aliphatic rings. The Morgan fingerprint density at radius 1 is 1.26 bits per heavy atom. The summed E-state index contributed by atoms with van der Waals surface area (Å²) in [6.45, 7) is -0.528. The van der Waals surface area contributed by atoms with Gasteiger partial charge in [-0.25, -0.2) is 0 Å². The van der Waals surface area contributed by atoms with Crippen molar-refractivity contribution in [3.8, 4) is 0 Å². The first-order valence-electron chi connectivity index (χ1n) is 8.73. The second-order valence-corrected chi connectivity index (χ2v) is 7.74. The molecule has 1 aromatic rings. The predicted octanol–water partition coefficient (Wildman–Crippen LogP) is 1.88. The molecule has 2 aliphatic heterocycles. The molecule has 0 aromatic carbocycles. The Morgan fingerprint density at radius 2 is 2.04 bits per heavy atom. The number of nitrogens with one attached hydrogen (secondary N) is 1. The van der Waals surface area contributed by atoms with Crippen molar-refractivity contribution in [1.29, 1.82) is 0 Å². The van der Waals surface area contributed by atoms with Crippen molar-refractivity contribution in [3.63, 3.8) is 0 Å². The van der Waals surface area contributed by atoms with Crippen LogP contribution in [0.15, 0.2) is 17.5 Å². The average molecular weight is 403 g/mol. The van der Waals surface area contributed by atoms with Crippen molar-refractivity contribution in [1.82, 2.24) is 15.1 Å². The van der Waals surface area contributed by atoms with Crippen molar-refractivity contribution in [2.75, 3.05) is 26.2 Å². The van der Waals surface area contributed by atoms with E-state index in [0.717, 1.165) is 4.90 Å². The first-order chi connectivity index (χ1) is 12.7. The largest absolute Gasteiger partial charge is 0.406 e. The molecule has 1 aromatic heterocycles. The van der Waals surface area contributed by atoms with Crippen molar-refractivity contribution >= 4 is 29.1 Å². The molecule has 3 amide bonds. The van der Waals surface area contributed by atoms with Gasteiger partial charge < -0.3 is 15.1 Å². The highest BCUT2D eigenvalue weighted by Crippen LogP contribution is 2.23. The molecule has 3 rings (SSSR count). The summed E-state index contributed by atoms with van der Waals surface area (Å²) in [5, 5.41) is 4.38. The van der Waals surface area contributed by atoms with Crippen molar-refractivity contribution in [2.45, 2.75) is 31.5 Å². The minimum Gasteiger partial charge on any atom is -0.344 e. The van der Waals surface area contributed by atoms with Crippen LogP contribution < -0.4 is 5.32 Å². The number of piperidine rings is 1. The van der Waals surface area contributed by atoms with E-state index in [2.05, 4.69) is 5.32 Å². The number of halogens is 3. The van der Waals surface area contributed by atoms with E-state index in [1.54, 1.807) is 22.4 Å². The highest BCUT2D eigenvalue weighted by molar-refractivity contribution is 7.12. The van der Waals surface area contributed by atoms with Gasteiger partial charge in [0.2, 0.25) is 11.8 Å². The van der Waals surface area contributed by atoms with Gasteiger partial charge in [-0.1, -0.05) is 6.07 Å². The minimum absolute atomic E-state index is 0.0308. The van der Waals surface area contributed by atoms with Gasteiger partial charge in [0.25, 0.3) is 5.91 Å². The zero-order chi connectivity index (χ0) is 19.6. The summed E-state index contributed by atoms with van der Waals surface area (Å²) in [6.07, 6.45) is -3.06. The number of carbonyl (C=O) groups excluding carboxylic acids is 3. The first kappa shape index (κ1) is 19.7. The van der Waals surface area contributed by atoms with E-state index in [9.17, 15) is 27.6 Å². The molecule has 2 atom stereocenters. The van der Waals surface area contributed by atoms with Gasteiger partial charge in [-0.3, -0.25) is 14.4 Å². The predicted molar refractivity (Wildman–Crippen MR) is 92.1 cm³/mol. The molecule has 0 spiro atoms. The number of alkyl halides is 3. The maximum Gasteiger partial charge on any atom is 0.406 e. The van der Waals surface area contributed by atoms with Gasteiger partial charge in [0.05, 0.1) is 10.8 Å². The third-order valence-electron chi connectivity index (χ3n) is 4.80. The summed E-state index contributed by atoms with van der Waals surface area (Å²) >= 11 is 1.33. The lowest BCUT2D eigenvalue weighted by molar-refractivity contribution is -0.158. The number of rotatable bonds is 4. The highest BCUT2D eigenvalue weighted by atomic mass is 32.1. The van der Waals surface area contributed by atoms with Gasteiger partial charge in [-0.15, -0.1) is 11.3 Å². The van der Waals surface area contributed by atoms with Crippen LogP contribution in [0.2, 0.25) is 0 Å². The van der Waals surface area contributed by atoms with Crippen LogP contribution in [0.5, 0.6) is 0 Å². The summed E-state index contributed by atoms with van der Waals surface area (Å²) in [7, 11) is 0. The van der Waals surface area contributed by atoms with Crippen molar-refractivity contribution < 1.29 is 27.6 Å². The molecule has 2 unspecified atom stereocenters. The second-order valence-electron chi connectivity index (χ2n) is 6.79. The highest BCUT2D eigenvalue weighted by Gasteiger charge is 2.40. The number of likely N-dealkylation sites (tertiary alicyclic amines) is 2. The zero-order valence-corrected chi connectivity index (χ0v) is 15.3. The third-order valence-corrected chi connectivity index (χ3v) is 5.65. The minimum atomic E-state index is -4.46. The first-order valence-corrected chi connectivity index (χ1v) is 9.61. The van der Waals surface area contributed by atoms with E-state index in [0.29, 0.717) is 24.3 Å². The van der Waals surface area contributed by atoms with Crippen LogP contribution in [0.3, 0.4) is 0 Å². The molecular formula is C17H20F3N3O3S. The molecule has 0 saturated carbocycles. The molecular weight excluding hydrogens is 383 g/mol. The summed E-state index contributed by atoms with van der Waals surface area (Å²) in [6, 6.07) is 2.58. The molecule has 6 nitrogen and oxygen atoms in total. The Morgan fingerprint density at radius 3 is 2.70 bits per heavy atom. The number of nitrogens with zero attached hydrogens (tertiary/aromatic N) is 2. The third kappa shape index (κ3) is 4.79. The molecule has 27 heavy (non-hydrogen) atoms. The molecule has 0 bridgehead atoms. The number of hydrogen-bond acceptors (Lipinski definition) is 4. The van der Waals surface area contributed by atoms with E-state index in [1.165, 1.54) is 11.3 Å². The zero-order valence-electron chi connectivity index (χ0n) is 14.5. The summed E-state index contributed by atoms with van der Waals surface area (Å²) < 4.78 is 37.4. The molecule has 148 valence electrons. The van der Waals surface area contributed by atoms with Crippen LogP contribution >= 0.6 is 11.3 Å². The topological polar surface area (TPSA) is 69.7 Å². The molecule has 0 aliphatic carbocycles. The van der Waals surface area contributed by atoms with E-state index in [1.807, 2.05) is 0 Å². The van der Waals surface area contributed by atoms with E-state index < -0.39 is 30.6 Å². The number of hydrogen-bond donors (Lipinski definition) is 1. The average Bonchev–Trinajstić information content (AvgIpc) is 3.26. The molecule has 1 N–H and O–H groups in total.